The largest absolute Gasteiger partial charge is 0.383 e. The van der Waals surface area contributed by atoms with Gasteiger partial charge in [0.1, 0.15) is 17.4 Å². The summed E-state index contributed by atoms with van der Waals surface area (Å²) in [5, 5.41) is 8.30. The van der Waals surface area contributed by atoms with Gasteiger partial charge in [-0.15, -0.1) is 0 Å². The van der Waals surface area contributed by atoms with Crippen molar-refractivity contribution in [1.29, 1.82) is 0 Å². The van der Waals surface area contributed by atoms with Gasteiger partial charge < -0.3 is 26.8 Å². The maximum absolute atomic E-state index is 13.3. The van der Waals surface area contributed by atoms with Crippen LogP contribution in [0.3, 0.4) is 0 Å². The van der Waals surface area contributed by atoms with Gasteiger partial charge in [-0.05, 0) is 97.8 Å². The van der Waals surface area contributed by atoms with Gasteiger partial charge in [0.2, 0.25) is 17.7 Å². The molecule has 2 fully saturated rings. The number of imide groups is 2. The number of anilines is 2. The van der Waals surface area contributed by atoms with Gasteiger partial charge in [-0.2, -0.15) is 0 Å². The number of rotatable bonds is 15. The minimum atomic E-state index is -1.04. The summed E-state index contributed by atoms with van der Waals surface area (Å²) in [4.78, 5) is 78.5. The van der Waals surface area contributed by atoms with E-state index in [1.807, 2.05) is 47.0 Å². The molecule has 7 N–H and O–H groups in total. The standard InChI is InChI=1S/C47H46N10O6/c48-41-33(8-3-22-52-41)42-54-36-15-14-34(53-43(36)56(42)31-12-10-30(11-13-31)47(49)20-4-21-47)29-6-1-5-28(27-29)18-23-51-38(58)19-25-63-26-24-50-35-9-2-7-32-40(35)46(62)57(45(32)61)37-16-17-39(59)55-44(37)60/h1-3,5-15,22,27,37,50H,4,16-21,23-26,49H2,(H2,48,52)(H,51,58)(H,55,59,60). The topological polar surface area (TPSA) is 230 Å². The van der Waals surface area contributed by atoms with Gasteiger partial charge in [-0.3, -0.25) is 38.8 Å². The number of fused-ring (bicyclic) bond motifs is 2. The predicted molar refractivity (Wildman–Crippen MR) is 235 cm³/mol. The van der Waals surface area contributed by atoms with Gasteiger partial charge in [0, 0.05) is 54.6 Å². The first kappa shape index (κ1) is 41.1. The fourth-order valence-corrected chi connectivity index (χ4v) is 8.45. The van der Waals surface area contributed by atoms with Crippen molar-refractivity contribution in [1.82, 2.24) is 35.1 Å². The SMILES string of the molecule is Nc1ncccc1-c1nc2ccc(-c3cccc(CCNC(=O)CCOCCNc4cccc5c4C(=O)N(C4CCC(=O)NC4=O)C5=O)c3)nc2n1-c1ccc(C2(N)CCC2)cc1. The summed E-state index contributed by atoms with van der Waals surface area (Å²) < 4.78 is 7.70. The van der Waals surface area contributed by atoms with Crippen molar-refractivity contribution in [2.45, 2.75) is 56.5 Å². The molecule has 3 aliphatic rings. The Bertz CT molecular complexity index is 2780. The third-order valence-electron chi connectivity index (χ3n) is 12.0. The van der Waals surface area contributed by atoms with Gasteiger partial charge in [0.15, 0.2) is 11.5 Å². The lowest BCUT2D eigenvalue weighted by Gasteiger charge is -2.38. The highest BCUT2D eigenvalue weighted by atomic mass is 16.5. The van der Waals surface area contributed by atoms with Crippen molar-refractivity contribution in [2.75, 3.05) is 37.4 Å². The summed E-state index contributed by atoms with van der Waals surface area (Å²) in [5.74, 6) is -1.39. The fourth-order valence-electron chi connectivity index (χ4n) is 8.45. The van der Waals surface area contributed by atoms with E-state index in [0.717, 1.165) is 52.2 Å². The van der Waals surface area contributed by atoms with Gasteiger partial charge in [-0.1, -0.05) is 36.4 Å². The van der Waals surface area contributed by atoms with Crippen LogP contribution in [-0.2, 0) is 31.1 Å². The normalized spacial score (nSPS) is 16.8. The number of nitrogens with one attached hydrogen (secondary N) is 3. The molecule has 5 heterocycles. The van der Waals surface area contributed by atoms with Crippen LogP contribution in [0, 0.1) is 0 Å². The molecule has 1 aliphatic carbocycles. The molecule has 9 rings (SSSR count). The van der Waals surface area contributed by atoms with E-state index in [2.05, 4.69) is 51.3 Å². The van der Waals surface area contributed by atoms with Crippen LogP contribution in [0.4, 0.5) is 11.5 Å². The Morgan fingerprint density at radius 3 is 2.48 bits per heavy atom. The van der Waals surface area contributed by atoms with E-state index in [4.69, 9.17) is 26.2 Å². The molecule has 3 aromatic carbocycles. The van der Waals surface area contributed by atoms with Crippen molar-refractivity contribution in [2.24, 2.45) is 5.73 Å². The van der Waals surface area contributed by atoms with Crippen LogP contribution in [0.2, 0.25) is 0 Å². The van der Waals surface area contributed by atoms with Crippen molar-refractivity contribution >= 4 is 52.2 Å². The molecule has 1 saturated heterocycles. The van der Waals surface area contributed by atoms with Gasteiger partial charge in [0.25, 0.3) is 11.8 Å². The highest BCUT2D eigenvalue weighted by Gasteiger charge is 2.45. The number of aromatic nitrogens is 4. The molecule has 1 unspecified atom stereocenters. The van der Waals surface area contributed by atoms with Crippen molar-refractivity contribution in [3.8, 4) is 28.3 Å². The molecule has 3 aromatic heterocycles. The van der Waals surface area contributed by atoms with E-state index >= 15 is 0 Å². The summed E-state index contributed by atoms with van der Waals surface area (Å²) in [5.41, 5.74) is 20.3. The quantitative estimate of drug-likeness (QED) is 0.0703. The average Bonchev–Trinajstić information content (AvgIpc) is 3.78. The number of pyridine rings is 2. The maximum Gasteiger partial charge on any atom is 0.264 e. The molecule has 6 aromatic rings. The Kier molecular flexibility index (Phi) is 11.2. The summed E-state index contributed by atoms with van der Waals surface area (Å²) in [7, 11) is 0. The Labute approximate surface area is 362 Å². The second-order valence-corrected chi connectivity index (χ2v) is 16.1. The van der Waals surface area contributed by atoms with E-state index in [1.54, 1.807) is 18.3 Å². The van der Waals surface area contributed by atoms with Crippen molar-refractivity contribution in [3.63, 3.8) is 0 Å². The lowest BCUT2D eigenvalue weighted by atomic mass is 9.73. The number of benzene rings is 3. The number of carbonyl (C=O) groups is 5. The number of imidazole rings is 1. The summed E-state index contributed by atoms with van der Waals surface area (Å²) >= 11 is 0. The molecular weight excluding hydrogens is 801 g/mol. The highest BCUT2D eigenvalue weighted by molar-refractivity contribution is 6.25. The molecule has 320 valence electrons. The molecule has 0 spiro atoms. The molecule has 1 saturated carbocycles. The van der Waals surface area contributed by atoms with Crippen LogP contribution >= 0.6 is 0 Å². The lowest BCUT2D eigenvalue weighted by Crippen LogP contribution is -2.54. The molecule has 5 amide bonds. The van der Waals surface area contributed by atoms with Gasteiger partial charge in [0.05, 0.1) is 35.6 Å². The Balaban J connectivity index is 0.786. The first-order valence-electron chi connectivity index (χ1n) is 21.1. The van der Waals surface area contributed by atoms with Crippen molar-refractivity contribution < 1.29 is 28.7 Å². The molecule has 0 radical (unpaired) electrons. The van der Waals surface area contributed by atoms with E-state index in [0.29, 0.717) is 53.6 Å². The Morgan fingerprint density at radius 2 is 1.70 bits per heavy atom. The summed E-state index contributed by atoms with van der Waals surface area (Å²) in [6, 6.07) is 27.8. The zero-order valence-corrected chi connectivity index (χ0v) is 34.4. The van der Waals surface area contributed by atoms with E-state index in [9.17, 15) is 24.0 Å². The van der Waals surface area contributed by atoms with Gasteiger partial charge in [-0.25, -0.2) is 15.0 Å². The van der Waals surface area contributed by atoms with Crippen LogP contribution in [-0.4, -0.2) is 86.3 Å². The van der Waals surface area contributed by atoms with Crippen LogP contribution in [0.1, 0.15) is 70.4 Å². The number of amides is 5. The van der Waals surface area contributed by atoms with Crippen LogP contribution in [0.15, 0.2) is 97.2 Å². The third kappa shape index (κ3) is 8.13. The van der Waals surface area contributed by atoms with E-state index in [-0.39, 0.29) is 55.0 Å². The summed E-state index contributed by atoms with van der Waals surface area (Å²) in [6.45, 7) is 1.17. The first-order valence-corrected chi connectivity index (χ1v) is 21.1. The number of nitrogens with two attached hydrogens (primary N) is 2. The van der Waals surface area contributed by atoms with Crippen LogP contribution in [0.25, 0.3) is 39.5 Å². The van der Waals surface area contributed by atoms with E-state index < -0.39 is 29.7 Å². The first-order chi connectivity index (χ1) is 30.6. The monoisotopic (exact) mass is 846 g/mol. The lowest BCUT2D eigenvalue weighted by molar-refractivity contribution is -0.136. The number of nitrogen functional groups attached to an aromatic ring is 1. The summed E-state index contributed by atoms with van der Waals surface area (Å²) in [6.07, 6.45) is 5.61. The molecule has 1 atom stereocenters. The minimum Gasteiger partial charge on any atom is -0.383 e. The number of hydrogen-bond donors (Lipinski definition) is 5. The number of carbonyl (C=O) groups excluding carboxylic acids is 5. The average molecular weight is 847 g/mol. The second kappa shape index (κ2) is 17.2. The van der Waals surface area contributed by atoms with Crippen molar-refractivity contribution in [3.05, 3.63) is 119 Å². The number of ether oxygens (including phenoxy) is 1. The fraction of sp³-hybridized carbons (Fsp3) is 0.277. The maximum atomic E-state index is 13.3. The zero-order chi connectivity index (χ0) is 43.7. The predicted octanol–water partition coefficient (Wildman–Crippen LogP) is 4.65. The van der Waals surface area contributed by atoms with E-state index in [1.165, 1.54) is 6.07 Å². The minimum absolute atomic E-state index is 0.0447. The van der Waals surface area contributed by atoms with Crippen LogP contribution in [0.5, 0.6) is 0 Å². The number of nitrogens with zero attached hydrogens (tertiary/aromatic N) is 5. The Hall–Kier alpha value is -7.30. The zero-order valence-electron chi connectivity index (χ0n) is 34.4. The highest BCUT2D eigenvalue weighted by Crippen LogP contribution is 2.40. The number of hydrogen-bond acceptors (Lipinski definition) is 12. The second-order valence-electron chi connectivity index (χ2n) is 16.1. The third-order valence-corrected chi connectivity index (χ3v) is 12.0. The molecular formula is C47H46N10O6. The Morgan fingerprint density at radius 1 is 0.889 bits per heavy atom. The number of piperidine rings is 1. The van der Waals surface area contributed by atoms with Crippen LogP contribution < -0.4 is 27.4 Å². The molecule has 63 heavy (non-hydrogen) atoms. The van der Waals surface area contributed by atoms with Gasteiger partial charge >= 0.3 is 0 Å². The molecule has 0 bridgehead atoms. The molecule has 2 aliphatic heterocycles. The molecule has 16 heteroatoms. The molecule has 16 nitrogen and oxygen atoms in total. The smallest absolute Gasteiger partial charge is 0.264 e.